The maximum atomic E-state index is 13.8. The van der Waals surface area contributed by atoms with E-state index in [1.807, 2.05) is 6.92 Å². The minimum atomic E-state index is -4.43. The number of alkyl halides is 3. The van der Waals surface area contributed by atoms with E-state index in [1.54, 1.807) is 12.3 Å². The summed E-state index contributed by atoms with van der Waals surface area (Å²) in [5.74, 6) is 1.01. The van der Waals surface area contributed by atoms with Crippen molar-refractivity contribution in [2.24, 2.45) is 5.92 Å². The van der Waals surface area contributed by atoms with Gasteiger partial charge in [-0.15, -0.1) is 0 Å². The lowest BCUT2D eigenvalue weighted by Gasteiger charge is -2.35. The summed E-state index contributed by atoms with van der Waals surface area (Å²) in [7, 11) is 1.48. The van der Waals surface area contributed by atoms with E-state index in [0.29, 0.717) is 45.7 Å². The van der Waals surface area contributed by atoms with Crippen molar-refractivity contribution >= 4 is 22.0 Å². The van der Waals surface area contributed by atoms with Crippen LogP contribution >= 0.6 is 11.3 Å². The Kier molecular flexibility index (Phi) is 6.10. The van der Waals surface area contributed by atoms with Crippen molar-refractivity contribution in [3.05, 3.63) is 29.8 Å². The number of fused-ring (bicyclic) bond motifs is 3. The van der Waals surface area contributed by atoms with Gasteiger partial charge in [0.2, 0.25) is 0 Å². The molecule has 0 aromatic carbocycles. The quantitative estimate of drug-likeness (QED) is 0.363. The molecule has 4 aromatic heterocycles. The van der Waals surface area contributed by atoms with E-state index in [0.717, 1.165) is 36.8 Å². The fraction of sp³-hybridized carbons (Fsp3) is 0.520. The van der Waals surface area contributed by atoms with Crippen molar-refractivity contribution < 1.29 is 17.9 Å². The second-order valence-corrected chi connectivity index (χ2v) is 11.5. The molecule has 2 atom stereocenters. The van der Waals surface area contributed by atoms with Crippen molar-refractivity contribution in [2.75, 3.05) is 31.6 Å². The number of nitrogens with zero attached hydrogens (tertiary/aromatic N) is 7. The predicted octanol–water partition coefficient (Wildman–Crippen LogP) is 4.58. The number of pyridine rings is 1. The number of rotatable bonds is 7. The molecular weight excluding hydrogens is 517 g/mol. The molecule has 9 nitrogen and oxygen atoms in total. The Bertz CT molecular complexity index is 1480. The molecule has 13 heteroatoms. The second kappa shape index (κ2) is 9.23. The molecule has 0 unspecified atom stereocenters. The highest BCUT2D eigenvalue weighted by Crippen LogP contribution is 2.44. The van der Waals surface area contributed by atoms with E-state index in [2.05, 4.69) is 43.9 Å². The van der Waals surface area contributed by atoms with Crippen LogP contribution in [0.2, 0.25) is 0 Å². The second-order valence-electron chi connectivity index (χ2n) is 10.5. The van der Waals surface area contributed by atoms with Gasteiger partial charge in [0.25, 0.3) is 0 Å². The van der Waals surface area contributed by atoms with Gasteiger partial charge >= 0.3 is 6.18 Å². The number of H-pyrrole nitrogens is 1. The van der Waals surface area contributed by atoms with Gasteiger partial charge in [0.05, 0.1) is 30.6 Å². The van der Waals surface area contributed by atoms with E-state index in [1.165, 1.54) is 29.3 Å². The molecule has 38 heavy (non-hydrogen) atoms. The molecule has 0 aliphatic carbocycles. The van der Waals surface area contributed by atoms with E-state index in [-0.39, 0.29) is 11.3 Å². The summed E-state index contributed by atoms with van der Waals surface area (Å²) in [5, 5.41) is 12.9. The molecule has 0 radical (unpaired) electrons. The van der Waals surface area contributed by atoms with Crippen LogP contribution in [-0.2, 0) is 6.42 Å². The number of halogens is 3. The number of ether oxygens (including phenoxy) is 1. The van der Waals surface area contributed by atoms with Crippen LogP contribution in [0.25, 0.3) is 27.6 Å². The third kappa shape index (κ3) is 4.41. The average molecular weight is 547 g/mol. The predicted molar refractivity (Wildman–Crippen MR) is 139 cm³/mol. The Morgan fingerprint density at radius 2 is 2.05 bits per heavy atom. The summed E-state index contributed by atoms with van der Waals surface area (Å²) in [4.78, 5) is 13.8. The number of hydrogen-bond acceptors (Lipinski definition) is 8. The fourth-order valence-electron chi connectivity index (χ4n) is 5.78. The monoisotopic (exact) mass is 546 g/mol. The van der Waals surface area contributed by atoms with Crippen LogP contribution in [0.1, 0.15) is 31.5 Å². The zero-order valence-corrected chi connectivity index (χ0v) is 22.4. The number of thiazole rings is 1. The molecule has 2 aliphatic rings. The number of likely N-dealkylation sites (tertiary alicyclic amines) is 1. The summed E-state index contributed by atoms with van der Waals surface area (Å²) >= 11 is 1.43. The number of aromatic amines is 1. The summed E-state index contributed by atoms with van der Waals surface area (Å²) < 4.78 is 48.3. The van der Waals surface area contributed by atoms with Crippen molar-refractivity contribution in [2.45, 2.75) is 51.9 Å². The first-order valence-corrected chi connectivity index (χ1v) is 13.4. The van der Waals surface area contributed by atoms with Crippen LogP contribution in [0, 0.1) is 12.8 Å². The highest BCUT2D eigenvalue weighted by atomic mass is 32.1. The summed E-state index contributed by atoms with van der Waals surface area (Å²) in [5.41, 5.74) is 2.26. The summed E-state index contributed by atoms with van der Waals surface area (Å²) in [6, 6.07) is 2.54. The molecule has 6 heterocycles. The molecule has 2 aliphatic heterocycles. The van der Waals surface area contributed by atoms with E-state index < -0.39 is 12.6 Å². The number of nitrogens with one attached hydrogen (secondary N) is 1. The van der Waals surface area contributed by atoms with Gasteiger partial charge in [-0.3, -0.25) is 10.00 Å². The highest BCUT2D eigenvalue weighted by molar-refractivity contribution is 7.19. The van der Waals surface area contributed by atoms with Gasteiger partial charge < -0.3 is 9.64 Å². The zero-order chi connectivity index (χ0) is 26.8. The minimum Gasteiger partial charge on any atom is -0.493 e. The van der Waals surface area contributed by atoms with Crippen LogP contribution < -0.4 is 9.64 Å². The lowest BCUT2D eigenvalue weighted by atomic mass is 10.0. The SMILES string of the molecule is COc1cc(-c2n[nH]c(-c3nc(C)c(N4C[C@@H]5C[C@H]4CN5CC(C)C)s3)c2CC(F)(F)F)cn2ncnc12. The Morgan fingerprint density at radius 1 is 1.24 bits per heavy atom. The van der Waals surface area contributed by atoms with Gasteiger partial charge in [-0.2, -0.15) is 23.4 Å². The Morgan fingerprint density at radius 3 is 2.74 bits per heavy atom. The first-order chi connectivity index (χ1) is 18.1. The van der Waals surface area contributed by atoms with Crippen molar-refractivity contribution in [1.29, 1.82) is 0 Å². The number of aromatic nitrogens is 6. The van der Waals surface area contributed by atoms with Crippen molar-refractivity contribution in [3.63, 3.8) is 0 Å². The Labute approximate surface area is 221 Å². The van der Waals surface area contributed by atoms with Crippen LogP contribution in [0.4, 0.5) is 18.2 Å². The van der Waals surface area contributed by atoms with Crippen LogP contribution in [0.5, 0.6) is 5.75 Å². The topological polar surface area (TPSA) is 87.5 Å². The van der Waals surface area contributed by atoms with E-state index in [9.17, 15) is 13.2 Å². The smallest absolute Gasteiger partial charge is 0.393 e. The number of anilines is 1. The molecule has 0 amide bonds. The number of hydrogen-bond donors (Lipinski definition) is 1. The van der Waals surface area contributed by atoms with Gasteiger partial charge in [-0.05, 0) is 25.3 Å². The van der Waals surface area contributed by atoms with Crippen LogP contribution in [0.15, 0.2) is 18.6 Å². The standard InChI is InChI=1S/C25H29F3N8OS/c1-13(2)8-34-10-17-6-16(34)11-35(17)24-14(3)31-23(38-24)21-18(7-25(26,27)28)20(32-33-21)15-5-19(37-4)22-29-12-30-36(22)9-15/h5,9,12-13,16-17H,6-8,10-11H2,1-4H3,(H,32,33)/t16-,17-/m0/s1. The van der Waals surface area contributed by atoms with Gasteiger partial charge in [0, 0.05) is 49.0 Å². The molecule has 2 bridgehead atoms. The molecule has 202 valence electrons. The zero-order valence-electron chi connectivity index (χ0n) is 21.6. The van der Waals surface area contributed by atoms with Gasteiger partial charge in [0.15, 0.2) is 11.4 Å². The van der Waals surface area contributed by atoms with Gasteiger partial charge in [0.1, 0.15) is 16.3 Å². The molecule has 0 saturated carbocycles. The lowest BCUT2D eigenvalue weighted by Crippen LogP contribution is -2.47. The number of aryl methyl sites for hydroxylation is 1. The number of piperazine rings is 1. The number of methoxy groups -OCH3 is 1. The molecule has 1 N–H and O–H groups in total. The normalized spacial score (nSPS) is 19.9. The van der Waals surface area contributed by atoms with Gasteiger partial charge in [-0.25, -0.2) is 14.5 Å². The van der Waals surface area contributed by atoms with Crippen molar-refractivity contribution in [3.8, 4) is 27.7 Å². The van der Waals surface area contributed by atoms with E-state index >= 15 is 0 Å². The lowest BCUT2D eigenvalue weighted by molar-refractivity contribution is -0.127. The first-order valence-electron chi connectivity index (χ1n) is 12.6. The molecule has 4 aromatic rings. The molecule has 6 rings (SSSR count). The maximum absolute atomic E-state index is 13.8. The van der Waals surface area contributed by atoms with Gasteiger partial charge in [-0.1, -0.05) is 25.2 Å². The summed E-state index contributed by atoms with van der Waals surface area (Å²) in [6.45, 7) is 9.42. The maximum Gasteiger partial charge on any atom is 0.393 e. The largest absolute Gasteiger partial charge is 0.493 e. The average Bonchev–Trinajstić information content (AvgIpc) is 3.65. The summed E-state index contributed by atoms with van der Waals surface area (Å²) in [6.07, 6.45) is -1.50. The molecular formula is C25H29F3N8OS. The highest BCUT2D eigenvalue weighted by Gasteiger charge is 2.44. The Balaban J connectivity index is 1.36. The van der Waals surface area contributed by atoms with E-state index in [4.69, 9.17) is 9.72 Å². The first kappa shape index (κ1) is 25.1. The third-order valence-electron chi connectivity index (χ3n) is 7.28. The molecule has 2 saturated heterocycles. The molecule has 0 spiro atoms. The van der Waals surface area contributed by atoms with Crippen LogP contribution in [-0.4, -0.2) is 79.7 Å². The third-order valence-corrected chi connectivity index (χ3v) is 8.49. The van der Waals surface area contributed by atoms with Crippen molar-refractivity contribution in [1.82, 2.24) is 34.7 Å². The minimum absolute atomic E-state index is 0.0466. The Hall–Kier alpha value is -3.19. The molecule has 2 fully saturated rings. The fourth-order valence-corrected chi connectivity index (χ4v) is 6.95. The van der Waals surface area contributed by atoms with Crippen LogP contribution in [0.3, 0.4) is 0 Å².